The van der Waals surface area contributed by atoms with Gasteiger partial charge in [0.15, 0.2) is 0 Å². The molecule has 1 N–H and O–H groups in total. The van der Waals surface area contributed by atoms with Gasteiger partial charge in [-0.15, -0.1) is 12.4 Å². The predicted molar refractivity (Wildman–Crippen MR) is 80.7 cm³/mol. The summed E-state index contributed by atoms with van der Waals surface area (Å²) < 4.78 is 28.9. The van der Waals surface area contributed by atoms with E-state index in [9.17, 15) is 8.42 Å². The molecule has 1 aromatic rings. The Hall–Kier alpha value is -0.630. The summed E-state index contributed by atoms with van der Waals surface area (Å²) in [6, 6.07) is 0.0959. The maximum Gasteiger partial charge on any atom is 0.247 e. The molecule has 0 amide bonds. The monoisotopic (exact) mass is 322 g/mol. The van der Waals surface area contributed by atoms with Crippen LogP contribution in [0.25, 0.3) is 0 Å². The van der Waals surface area contributed by atoms with Gasteiger partial charge in [-0.25, -0.2) is 8.42 Å². The molecule has 0 aromatic carbocycles. The molecular weight excluding hydrogens is 300 g/mol. The van der Waals surface area contributed by atoms with E-state index in [1.165, 1.54) is 0 Å². The van der Waals surface area contributed by atoms with Gasteiger partial charge in [-0.3, -0.25) is 4.68 Å². The molecule has 0 saturated carbocycles. The van der Waals surface area contributed by atoms with Gasteiger partial charge in [-0.2, -0.15) is 9.40 Å². The lowest BCUT2D eigenvalue weighted by Crippen LogP contribution is -2.57. The number of hydrogen-bond acceptors (Lipinski definition) is 4. The van der Waals surface area contributed by atoms with E-state index in [0.29, 0.717) is 29.4 Å². The molecule has 116 valence electrons. The Labute approximate surface area is 127 Å². The average Bonchev–Trinajstić information content (AvgIpc) is 2.57. The fraction of sp³-hybridized carbons (Fsp3) is 0.750. The van der Waals surface area contributed by atoms with Crippen LogP contribution in [-0.2, 0) is 17.1 Å². The standard InChI is InChI=1S/C12H22N4O2S.ClH/c1-8-10(3)16(7-6-13-8)19(17,18)12-9(2)14-15(5)11(12)4;/h8,10,13H,6-7H2,1-5H3;1H. The molecule has 1 aliphatic rings. The number of aromatic nitrogens is 2. The van der Waals surface area contributed by atoms with Gasteiger partial charge in [0.05, 0.1) is 11.4 Å². The number of nitrogens with one attached hydrogen (secondary N) is 1. The number of rotatable bonds is 2. The lowest BCUT2D eigenvalue weighted by molar-refractivity contribution is 0.232. The highest BCUT2D eigenvalue weighted by atomic mass is 35.5. The van der Waals surface area contributed by atoms with Crippen molar-refractivity contribution in [2.24, 2.45) is 7.05 Å². The number of nitrogens with zero attached hydrogens (tertiary/aromatic N) is 3. The molecule has 1 aromatic heterocycles. The minimum Gasteiger partial charge on any atom is -0.311 e. The number of halogens is 1. The third-order valence-electron chi connectivity index (χ3n) is 3.99. The quantitative estimate of drug-likeness (QED) is 0.876. The largest absolute Gasteiger partial charge is 0.311 e. The summed E-state index contributed by atoms with van der Waals surface area (Å²) in [7, 11) is -1.71. The van der Waals surface area contributed by atoms with Crippen molar-refractivity contribution < 1.29 is 8.42 Å². The van der Waals surface area contributed by atoms with E-state index < -0.39 is 10.0 Å². The Morgan fingerprint density at radius 2 is 1.90 bits per heavy atom. The van der Waals surface area contributed by atoms with Crippen LogP contribution in [0.5, 0.6) is 0 Å². The van der Waals surface area contributed by atoms with Crippen molar-refractivity contribution in [2.45, 2.75) is 44.7 Å². The van der Waals surface area contributed by atoms with E-state index in [2.05, 4.69) is 10.4 Å². The summed E-state index contributed by atoms with van der Waals surface area (Å²) in [5.74, 6) is 0. The van der Waals surface area contributed by atoms with Gasteiger partial charge >= 0.3 is 0 Å². The molecule has 1 fully saturated rings. The Balaban J connectivity index is 0.00000200. The third kappa shape index (κ3) is 2.72. The molecule has 8 heteroatoms. The molecule has 2 rings (SSSR count). The smallest absolute Gasteiger partial charge is 0.247 e. The van der Waals surface area contributed by atoms with Gasteiger partial charge in [-0.05, 0) is 27.7 Å². The van der Waals surface area contributed by atoms with Crippen LogP contribution in [0, 0.1) is 13.8 Å². The number of hydrogen-bond donors (Lipinski definition) is 1. The topological polar surface area (TPSA) is 67.2 Å². The van der Waals surface area contributed by atoms with Crippen molar-refractivity contribution in [3.8, 4) is 0 Å². The van der Waals surface area contributed by atoms with Crippen molar-refractivity contribution in [1.82, 2.24) is 19.4 Å². The maximum absolute atomic E-state index is 12.8. The average molecular weight is 323 g/mol. The van der Waals surface area contributed by atoms with Crippen molar-refractivity contribution in [3.63, 3.8) is 0 Å². The van der Waals surface area contributed by atoms with Crippen LogP contribution in [0.3, 0.4) is 0 Å². The zero-order valence-electron chi connectivity index (χ0n) is 12.5. The first-order valence-corrected chi connectivity index (χ1v) is 7.96. The molecule has 6 nitrogen and oxygen atoms in total. The van der Waals surface area contributed by atoms with E-state index >= 15 is 0 Å². The van der Waals surface area contributed by atoms with E-state index in [4.69, 9.17) is 0 Å². The van der Waals surface area contributed by atoms with Gasteiger partial charge in [0.25, 0.3) is 0 Å². The lowest BCUT2D eigenvalue weighted by Gasteiger charge is -2.37. The Bertz CT molecular complexity index is 585. The van der Waals surface area contributed by atoms with Crippen molar-refractivity contribution in [2.75, 3.05) is 13.1 Å². The summed E-state index contributed by atoms with van der Waals surface area (Å²) in [6.07, 6.45) is 0. The Morgan fingerprint density at radius 3 is 2.40 bits per heavy atom. The first kappa shape index (κ1) is 17.4. The minimum atomic E-state index is -3.47. The third-order valence-corrected chi connectivity index (χ3v) is 6.22. The van der Waals surface area contributed by atoms with E-state index in [1.54, 1.807) is 29.9 Å². The van der Waals surface area contributed by atoms with Crippen LogP contribution in [0.1, 0.15) is 25.2 Å². The summed E-state index contributed by atoms with van der Waals surface area (Å²) in [4.78, 5) is 0.357. The van der Waals surface area contributed by atoms with Crippen LogP contribution in [0.4, 0.5) is 0 Å². The summed E-state index contributed by atoms with van der Waals surface area (Å²) in [6.45, 7) is 8.68. The molecule has 2 unspecified atom stereocenters. The second-order valence-corrected chi connectivity index (χ2v) is 7.05. The molecule has 1 saturated heterocycles. The first-order chi connectivity index (χ1) is 8.76. The molecule has 20 heavy (non-hydrogen) atoms. The lowest BCUT2D eigenvalue weighted by atomic mass is 10.1. The first-order valence-electron chi connectivity index (χ1n) is 6.52. The molecule has 2 atom stereocenters. The van der Waals surface area contributed by atoms with E-state index in [-0.39, 0.29) is 24.5 Å². The van der Waals surface area contributed by atoms with Crippen molar-refractivity contribution in [1.29, 1.82) is 0 Å². The molecule has 0 radical (unpaired) electrons. The second kappa shape index (κ2) is 6.01. The van der Waals surface area contributed by atoms with Crippen LogP contribution in [0.2, 0.25) is 0 Å². The Morgan fingerprint density at radius 1 is 1.30 bits per heavy atom. The molecular formula is C12H23ClN4O2S. The van der Waals surface area contributed by atoms with Gasteiger partial charge in [0.1, 0.15) is 4.90 Å². The van der Waals surface area contributed by atoms with Gasteiger partial charge < -0.3 is 5.32 Å². The maximum atomic E-state index is 12.8. The van der Waals surface area contributed by atoms with Gasteiger partial charge in [0.2, 0.25) is 10.0 Å². The number of sulfonamides is 1. The van der Waals surface area contributed by atoms with Gasteiger partial charge in [0, 0.05) is 32.2 Å². The highest BCUT2D eigenvalue weighted by Crippen LogP contribution is 2.26. The number of piperazine rings is 1. The molecule has 0 spiro atoms. The Kier molecular flexibility index (Phi) is 5.23. The normalized spacial score (nSPS) is 24.4. The van der Waals surface area contributed by atoms with E-state index in [0.717, 1.165) is 0 Å². The van der Waals surface area contributed by atoms with Gasteiger partial charge in [-0.1, -0.05) is 0 Å². The van der Waals surface area contributed by atoms with Crippen LogP contribution in [0.15, 0.2) is 4.90 Å². The second-order valence-electron chi connectivity index (χ2n) is 5.22. The minimum absolute atomic E-state index is 0. The molecule has 0 bridgehead atoms. The summed E-state index contributed by atoms with van der Waals surface area (Å²) in [5, 5.41) is 7.50. The molecule has 2 heterocycles. The predicted octanol–water partition coefficient (Wildman–Crippen LogP) is 0.830. The zero-order chi connectivity index (χ0) is 14.4. The van der Waals surface area contributed by atoms with Crippen LogP contribution >= 0.6 is 12.4 Å². The van der Waals surface area contributed by atoms with Crippen LogP contribution in [-0.4, -0.2) is 47.7 Å². The zero-order valence-corrected chi connectivity index (χ0v) is 14.2. The highest BCUT2D eigenvalue weighted by molar-refractivity contribution is 7.89. The SMILES string of the molecule is Cc1nn(C)c(C)c1S(=O)(=O)N1CCNC(C)C1C.Cl. The summed E-state index contributed by atoms with van der Waals surface area (Å²) in [5.41, 5.74) is 1.26. The summed E-state index contributed by atoms with van der Waals surface area (Å²) >= 11 is 0. The molecule has 1 aliphatic heterocycles. The van der Waals surface area contributed by atoms with E-state index in [1.807, 2.05) is 13.8 Å². The molecule has 0 aliphatic carbocycles. The van der Waals surface area contributed by atoms with Crippen molar-refractivity contribution in [3.05, 3.63) is 11.4 Å². The fourth-order valence-electron chi connectivity index (χ4n) is 2.61. The highest BCUT2D eigenvalue weighted by Gasteiger charge is 2.37. The van der Waals surface area contributed by atoms with Crippen LogP contribution < -0.4 is 5.32 Å². The number of aryl methyl sites for hydroxylation is 2. The van der Waals surface area contributed by atoms with Crippen molar-refractivity contribution >= 4 is 22.4 Å². The fourth-order valence-corrected chi connectivity index (χ4v) is 4.72.